The standard InChI is InChI=1S/C13H21ClN4O2/c1-20-9-8-18-13(19)12(14)11(10-16-18)15-4-7-17-5-2-3-6-17/h10,15H,2-9H2,1H3. The Morgan fingerprint density at radius 3 is 2.85 bits per heavy atom. The van der Waals surface area contributed by atoms with Crippen molar-refractivity contribution < 1.29 is 4.74 Å². The van der Waals surface area contributed by atoms with Crippen molar-refractivity contribution in [2.75, 3.05) is 45.2 Å². The number of rotatable bonds is 7. The molecule has 0 amide bonds. The molecule has 0 unspecified atom stereocenters. The van der Waals surface area contributed by atoms with Gasteiger partial charge in [-0.3, -0.25) is 4.79 Å². The summed E-state index contributed by atoms with van der Waals surface area (Å²) in [5.74, 6) is 0. The lowest BCUT2D eigenvalue weighted by Gasteiger charge is -2.16. The van der Waals surface area contributed by atoms with Crippen LogP contribution in [0.4, 0.5) is 5.69 Å². The van der Waals surface area contributed by atoms with E-state index in [1.807, 2.05) is 0 Å². The van der Waals surface area contributed by atoms with Gasteiger partial charge in [0.05, 0.1) is 25.0 Å². The van der Waals surface area contributed by atoms with Crippen molar-refractivity contribution in [3.8, 4) is 0 Å². The number of anilines is 1. The second kappa shape index (κ2) is 7.61. The predicted molar refractivity (Wildman–Crippen MR) is 79.5 cm³/mol. The summed E-state index contributed by atoms with van der Waals surface area (Å²) in [4.78, 5) is 14.4. The highest BCUT2D eigenvalue weighted by Crippen LogP contribution is 2.15. The fourth-order valence-corrected chi connectivity index (χ4v) is 2.49. The van der Waals surface area contributed by atoms with Gasteiger partial charge in [0.25, 0.3) is 5.56 Å². The zero-order chi connectivity index (χ0) is 14.4. The summed E-state index contributed by atoms with van der Waals surface area (Å²) in [5.41, 5.74) is 0.319. The Hall–Kier alpha value is -1.11. The van der Waals surface area contributed by atoms with Gasteiger partial charge in [0, 0.05) is 20.2 Å². The number of methoxy groups -OCH3 is 1. The molecule has 0 saturated carbocycles. The summed E-state index contributed by atoms with van der Waals surface area (Å²) in [5, 5.41) is 7.47. The van der Waals surface area contributed by atoms with Gasteiger partial charge in [0.15, 0.2) is 0 Å². The number of halogens is 1. The Balaban J connectivity index is 1.91. The first-order valence-electron chi connectivity index (χ1n) is 6.93. The lowest BCUT2D eigenvalue weighted by molar-refractivity contribution is 0.182. The minimum Gasteiger partial charge on any atom is -0.383 e. The van der Waals surface area contributed by atoms with Gasteiger partial charge in [-0.2, -0.15) is 5.10 Å². The second-order valence-electron chi connectivity index (χ2n) is 4.87. The molecule has 1 aromatic heterocycles. The first-order chi connectivity index (χ1) is 9.72. The smallest absolute Gasteiger partial charge is 0.287 e. The van der Waals surface area contributed by atoms with Crippen molar-refractivity contribution >= 4 is 17.3 Å². The van der Waals surface area contributed by atoms with E-state index in [9.17, 15) is 4.79 Å². The van der Waals surface area contributed by atoms with Gasteiger partial charge in [-0.15, -0.1) is 0 Å². The number of ether oxygens (including phenoxy) is 1. The number of nitrogens with zero attached hydrogens (tertiary/aromatic N) is 3. The Labute approximate surface area is 123 Å². The maximum absolute atomic E-state index is 12.0. The summed E-state index contributed by atoms with van der Waals surface area (Å²) >= 11 is 6.08. The largest absolute Gasteiger partial charge is 0.383 e. The lowest BCUT2D eigenvalue weighted by Crippen LogP contribution is -2.28. The number of hydrogen-bond donors (Lipinski definition) is 1. The van der Waals surface area contributed by atoms with Crippen LogP contribution in [0.2, 0.25) is 5.02 Å². The zero-order valence-corrected chi connectivity index (χ0v) is 12.5. The molecule has 0 radical (unpaired) electrons. The topological polar surface area (TPSA) is 59.4 Å². The van der Waals surface area contributed by atoms with Gasteiger partial charge in [-0.05, 0) is 25.9 Å². The molecule has 1 aromatic rings. The van der Waals surface area contributed by atoms with E-state index >= 15 is 0 Å². The van der Waals surface area contributed by atoms with Crippen molar-refractivity contribution in [3.05, 3.63) is 21.6 Å². The predicted octanol–water partition coefficient (Wildman–Crippen LogP) is 1.05. The van der Waals surface area contributed by atoms with Crippen LogP contribution in [0.5, 0.6) is 0 Å². The summed E-state index contributed by atoms with van der Waals surface area (Å²) in [6, 6.07) is 0. The molecule has 0 aromatic carbocycles. The van der Waals surface area contributed by atoms with Crippen LogP contribution in [0.3, 0.4) is 0 Å². The third-order valence-corrected chi connectivity index (χ3v) is 3.80. The first kappa shape index (κ1) is 15.3. The van der Waals surface area contributed by atoms with E-state index < -0.39 is 0 Å². The van der Waals surface area contributed by atoms with Gasteiger partial charge >= 0.3 is 0 Å². The third-order valence-electron chi connectivity index (χ3n) is 3.43. The molecule has 1 aliphatic rings. The highest BCUT2D eigenvalue weighted by molar-refractivity contribution is 6.32. The van der Waals surface area contributed by atoms with Crippen LogP contribution in [-0.4, -0.2) is 54.6 Å². The Bertz CT molecular complexity index is 486. The van der Waals surface area contributed by atoms with Crippen LogP contribution in [0.1, 0.15) is 12.8 Å². The Kier molecular flexibility index (Phi) is 5.82. The van der Waals surface area contributed by atoms with E-state index in [-0.39, 0.29) is 10.6 Å². The van der Waals surface area contributed by atoms with Gasteiger partial charge in [-0.25, -0.2) is 4.68 Å². The molecule has 2 rings (SSSR count). The van der Waals surface area contributed by atoms with Crippen LogP contribution >= 0.6 is 11.6 Å². The van der Waals surface area contributed by atoms with Gasteiger partial charge in [0.1, 0.15) is 5.02 Å². The summed E-state index contributed by atoms with van der Waals surface area (Å²) in [7, 11) is 1.58. The molecule has 0 bridgehead atoms. The van der Waals surface area contributed by atoms with Crippen molar-refractivity contribution in [1.82, 2.24) is 14.7 Å². The third kappa shape index (κ3) is 3.94. The molecular formula is C13H21ClN4O2. The number of aromatic nitrogens is 2. The van der Waals surface area contributed by atoms with Crippen LogP contribution in [-0.2, 0) is 11.3 Å². The normalized spacial score (nSPS) is 15.7. The molecule has 6 nitrogen and oxygen atoms in total. The van der Waals surface area contributed by atoms with Crippen molar-refractivity contribution in [2.45, 2.75) is 19.4 Å². The minimum absolute atomic E-state index is 0.192. The fourth-order valence-electron chi connectivity index (χ4n) is 2.28. The summed E-state index contributed by atoms with van der Waals surface area (Å²) < 4.78 is 6.25. The molecule has 0 aliphatic carbocycles. The van der Waals surface area contributed by atoms with E-state index in [0.29, 0.717) is 18.8 Å². The quantitative estimate of drug-likeness (QED) is 0.816. The second-order valence-corrected chi connectivity index (χ2v) is 5.25. The van der Waals surface area contributed by atoms with Crippen LogP contribution in [0.15, 0.2) is 11.0 Å². The van der Waals surface area contributed by atoms with Gasteiger partial charge < -0.3 is 15.0 Å². The van der Waals surface area contributed by atoms with E-state index in [4.69, 9.17) is 16.3 Å². The van der Waals surface area contributed by atoms with E-state index in [1.54, 1.807) is 13.3 Å². The maximum Gasteiger partial charge on any atom is 0.287 e. The van der Waals surface area contributed by atoms with Crippen LogP contribution in [0.25, 0.3) is 0 Å². The molecule has 20 heavy (non-hydrogen) atoms. The molecule has 1 saturated heterocycles. The number of likely N-dealkylation sites (tertiary alicyclic amines) is 1. The molecule has 2 heterocycles. The SMILES string of the molecule is COCCn1ncc(NCCN2CCCC2)c(Cl)c1=O. The Morgan fingerprint density at radius 1 is 1.40 bits per heavy atom. The molecule has 7 heteroatoms. The number of hydrogen-bond acceptors (Lipinski definition) is 5. The van der Waals surface area contributed by atoms with Crippen molar-refractivity contribution in [1.29, 1.82) is 0 Å². The van der Waals surface area contributed by atoms with E-state index in [0.717, 1.165) is 26.2 Å². The lowest BCUT2D eigenvalue weighted by atomic mass is 10.4. The molecule has 1 fully saturated rings. The van der Waals surface area contributed by atoms with E-state index in [2.05, 4.69) is 15.3 Å². The summed E-state index contributed by atoms with van der Waals surface area (Å²) in [6.45, 7) is 4.89. The molecule has 0 spiro atoms. The van der Waals surface area contributed by atoms with Crippen molar-refractivity contribution in [3.63, 3.8) is 0 Å². The van der Waals surface area contributed by atoms with Crippen LogP contribution < -0.4 is 10.9 Å². The minimum atomic E-state index is -0.283. The zero-order valence-electron chi connectivity index (χ0n) is 11.8. The van der Waals surface area contributed by atoms with Crippen molar-refractivity contribution in [2.24, 2.45) is 0 Å². The fraction of sp³-hybridized carbons (Fsp3) is 0.692. The monoisotopic (exact) mass is 300 g/mol. The average Bonchev–Trinajstić information content (AvgIpc) is 2.96. The summed E-state index contributed by atoms with van der Waals surface area (Å²) in [6.07, 6.45) is 4.15. The first-order valence-corrected chi connectivity index (χ1v) is 7.31. The van der Waals surface area contributed by atoms with E-state index in [1.165, 1.54) is 17.5 Å². The maximum atomic E-state index is 12.0. The number of nitrogens with one attached hydrogen (secondary N) is 1. The van der Waals surface area contributed by atoms with Crippen LogP contribution in [0, 0.1) is 0 Å². The molecule has 1 aliphatic heterocycles. The van der Waals surface area contributed by atoms with Gasteiger partial charge in [-0.1, -0.05) is 11.6 Å². The highest BCUT2D eigenvalue weighted by Gasteiger charge is 2.12. The molecule has 1 N–H and O–H groups in total. The molecular weight excluding hydrogens is 280 g/mol. The molecule has 112 valence electrons. The average molecular weight is 301 g/mol. The Morgan fingerprint density at radius 2 is 2.15 bits per heavy atom. The molecule has 0 atom stereocenters. The van der Waals surface area contributed by atoms with Gasteiger partial charge in [0.2, 0.25) is 0 Å². The highest BCUT2D eigenvalue weighted by atomic mass is 35.5.